The van der Waals surface area contributed by atoms with Gasteiger partial charge in [0.05, 0.1) is 13.2 Å². The van der Waals surface area contributed by atoms with Crippen LogP contribution >= 0.6 is 0 Å². The van der Waals surface area contributed by atoms with Crippen molar-refractivity contribution in [3.05, 3.63) is 71.3 Å². The lowest BCUT2D eigenvalue weighted by Gasteiger charge is -2.31. The average molecular weight is 408 g/mol. The van der Waals surface area contributed by atoms with E-state index >= 15 is 0 Å². The van der Waals surface area contributed by atoms with E-state index in [1.165, 1.54) is 17.5 Å². The van der Waals surface area contributed by atoms with Crippen molar-refractivity contribution in [3.63, 3.8) is 0 Å². The van der Waals surface area contributed by atoms with Crippen molar-refractivity contribution in [2.24, 2.45) is 0 Å². The summed E-state index contributed by atoms with van der Waals surface area (Å²) < 4.78 is 5.48. The van der Waals surface area contributed by atoms with Crippen molar-refractivity contribution in [1.29, 1.82) is 0 Å². The van der Waals surface area contributed by atoms with E-state index in [1.54, 1.807) is 0 Å². The van der Waals surface area contributed by atoms with Crippen LogP contribution in [0.5, 0.6) is 0 Å². The summed E-state index contributed by atoms with van der Waals surface area (Å²) in [6.07, 6.45) is 3.44. The highest BCUT2D eigenvalue weighted by atomic mass is 16.5. The summed E-state index contributed by atoms with van der Waals surface area (Å²) >= 11 is 0. The highest BCUT2D eigenvalue weighted by Gasteiger charge is 2.26. The Labute approximate surface area is 180 Å². The number of likely N-dealkylation sites (tertiary alicyclic amines) is 1. The van der Waals surface area contributed by atoms with Crippen LogP contribution in [0.2, 0.25) is 0 Å². The van der Waals surface area contributed by atoms with Gasteiger partial charge in [-0.25, -0.2) is 0 Å². The topological polar surface area (TPSA) is 44.8 Å². The van der Waals surface area contributed by atoms with Crippen LogP contribution in [0, 0.1) is 0 Å². The molecule has 5 heteroatoms. The number of carbonyl (C=O) groups excluding carboxylic acids is 1. The molecule has 0 saturated carbocycles. The second kappa shape index (κ2) is 10.7. The number of rotatable bonds is 7. The molecular weight excluding hydrogens is 374 g/mol. The number of morpholine rings is 1. The minimum absolute atomic E-state index is 0.201. The van der Waals surface area contributed by atoms with Crippen molar-refractivity contribution in [3.8, 4) is 0 Å². The van der Waals surface area contributed by atoms with Gasteiger partial charge in [-0.2, -0.15) is 0 Å². The van der Waals surface area contributed by atoms with Crippen LogP contribution in [0.25, 0.3) is 0 Å². The number of amides is 1. The maximum absolute atomic E-state index is 13.4. The Bertz CT molecular complexity index is 799. The first-order valence-corrected chi connectivity index (χ1v) is 11.3. The highest BCUT2D eigenvalue weighted by molar-refractivity contribution is 5.83. The third kappa shape index (κ3) is 5.48. The zero-order valence-electron chi connectivity index (χ0n) is 17.8. The average Bonchev–Trinajstić information content (AvgIpc) is 2.82. The van der Waals surface area contributed by atoms with Crippen LogP contribution in [0.15, 0.2) is 54.6 Å². The second-order valence-corrected chi connectivity index (χ2v) is 8.27. The fraction of sp³-hybridized carbons (Fsp3) is 0.480. The molecule has 2 aliphatic rings. The molecule has 5 nitrogen and oxygen atoms in total. The fourth-order valence-corrected chi connectivity index (χ4v) is 4.39. The Balaban J connectivity index is 1.48. The molecule has 0 aliphatic carbocycles. The molecule has 1 atom stereocenters. The molecule has 0 bridgehead atoms. The predicted octanol–water partition coefficient (Wildman–Crippen LogP) is 3.36. The maximum atomic E-state index is 13.4. The SMILES string of the molecule is O=C([C@H](NCc1ccccc1CN1CCOCC1)c1ccccc1)N1CCCCC1. The van der Waals surface area contributed by atoms with E-state index in [1.807, 2.05) is 23.1 Å². The number of ether oxygens (including phenoxy) is 1. The Morgan fingerprint density at radius 1 is 0.867 bits per heavy atom. The lowest BCUT2D eigenvalue weighted by molar-refractivity contribution is -0.134. The van der Waals surface area contributed by atoms with Gasteiger partial charge in [0.25, 0.3) is 0 Å². The molecule has 0 aromatic heterocycles. The molecule has 2 aromatic carbocycles. The van der Waals surface area contributed by atoms with Crippen LogP contribution < -0.4 is 5.32 Å². The summed E-state index contributed by atoms with van der Waals surface area (Å²) in [5.41, 5.74) is 3.62. The molecule has 2 saturated heterocycles. The molecule has 1 amide bonds. The zero-order valence-corrected chi connectivity index (χ0v) is 17.8. The van der Waals surface area contributed by atoms with Crippen LogP contribution in [0.3, 0.4) is 0 Å². The van der Waals surface area contributed by atoms with E-state index < -0.39 is 0 Å². The van der Waals surface area contributed by atoms with Crippen molar-refractivity contribution in [2.75, 3.05) is 39.4 Å². The van der Waals surface area contributed by atoms with E-state index in [0.29, 0.717) is 6.54 Å². The van der Waals surface area contributed by atoms with Gasteiger partial charge < -0.3 is 9.64 Å². The molecule has 1 N–H and O–H groups in total. The number of nitrogens with one attached hydrogen (secondary N) is 1. The number of hydrogen-bond acceptors (Lipinski definition) is 4. The molecule has 0 radical (unpaired) electrons. The number of nitrogens with zero attached hydrogens (tertiary/aromatic N) is 2. The third-order valence-corrected chi connectivity index (χ3v) is 6.16. The maximum Gasteiger partial charge on any atom is 0.244 e. The Morgan fingerprint density at radius 2 is 1.53 bits per heavy atom. The molecule has 160 valence electrons. The minimum Gasteiger partial charge on any atom is -0.379 e. The summed E-state index contributed by atoms with van der Waals surface area (Å²) in [4.78, 5) is 17.8. The second-order valence-electron chi connectivity index (χ2n) is 8.27. The van der Waals surface area contributed by atoms with Gasteiger partial charge >= 0.3 is 0 Å². The van der Waals surface area contributed by atoms with E-state index in [-0.39, 0.29) is 11.9 Å². The van der Waals surface area contributed by atoms with Gasteiger partial charge in [-0.05, 0) is 36.0 Å². The summed E-state index contributed by atoms with van der Waals surface area (Å²) in [5.74, 6) is 0.201. The van der Waals surface area contributed by atoms with Gasteiger partial charge in [0.2, 0.25) is 5.91 Å². The zero-order chi connectivity index (χ0) is 20.6. The van der Waals surface area contributed by atoms with Gasteiger partial charge in [0.1, 0.15) is 6.04 Å². The van der Waals surface area contributed by atoms with E-state index in [2.05, 4.69) is 46.6 Å². The van der Waals surface area contributed by atoms with Crippen LogP contribution in [-0.4, -0.2) is 55.1 Å². The molecule has 4 rings (SSSR count). The first-order chi connectivity index (χ1) is 14.8. The van der Waals surface area contributed by atoms with Crippen molar-refractivity contribution in [1.82, 2.24) is 15.1 Å². The van der Waals surface area contributed by atoms with E-state index in [0.717, 1.165) is 64.3 Å². The molecular formula is C25H33N3O2. The molecule has 0 unspecified atom stereocenters. The summed E-state index contributed by atoms with van der Waals surface area (Å²) in [6.45, 7) is 6.91. The smallest absolute Gasteiger partial charge is 0.244 e. The van der Waals surface area contributed by atoms with Crippen molar-refractivity contribution in [2.45, 2.75) is 38.4 Å². The summed E-state index contributed by atoms with van der Waals surface area (Å²) in [6, 6.07) is 18.4. The molecule has 2 fully saturated rings. The fourth-order valence-electron chi connectivity index (χ4n) is 4.39. The van der Waals surface area contributed by atoms with E-state index in [4.69, 9.17) is 4.74 Å². The Morgan fingerprint density at radius 3 is 2.27 bits per heavy atom. The van der Waals surface area contributed by atoms with Crippen LogP contribution in [-0.2, 0) is 22.6 Å². The number of benzene rings is 2. The summed E-state index contributed by atoms with van der Waals surface area (Å²) in [7, 11) is 0. The molecule has 2 aromatic rings. The monoisotopic (exact) mass is 407 g/mol. The third-order valence-electron chi connectivity index (χ3n) is 6.16. The van der Waals surface area contributed by atoms with Crippen molar-refractivity contribution < 1.29 is 9.53 Å². The Kier molecular flexibility index (Phi) is 7.51. The standard InChI is InChI=1S/C25H33N3O2/c29-25(28-13-7-2-8-14-28)24(21-9-3-1-4-10-21)26-19-22-11-5-6-12-23(22)20-27-15-17-30-18-16-27/h1,3-6,9-12,24,26H,2,7-8,13-20H2/t24-/m1/s1. The van der Waals surface area contributed by atoms with Gasteiger partial charge in [-0.15, -0.1) is 0 Å². The molecule has 0 spiro atoms. The lowest BCUT2D eigenvalue weighted by atomic mass is 10.0. The largest absolute Gasteiger partial charge is 0.379 e. The van der Waals surface area contributed by atoms with E-state index in [9.17, 15) is 4.79 Å². The first-order valence-electron chi connectivity index (χ1n) is 11.3. The van der Waals surface area contributed by atoms with Gasteiger partial charge in [0.15, 0.2) is 0 Å². The number of carbonyl (C=O) groups is 1. The quantitative estimate of drug-likeness (QED) is 0.764. The van der Waals surface area contributed by atoms with Gasteiger partial charge in [-0.1, -0.05) is 54.6 Å². The number of piperidine rings is 1. The van der Waals surface area contributed by atoms with Crippen LogP contribution in [0.4, 0.5) is 0 Å². The van der Waals surface area contributed by atoms with Crippen molar-refractivity contribution >= 4 is 5.91 Å². The molecule has 2 aliphatic heterocycles. The normalized spacial score (nSPS) is 18.9. The minimum atomic E-state index is -0.305. The predicted molar refractivity (Wildman–Crippen MR) is 119 cm³/mol. The lowest BCUT2D eigenvalue weighted by Crippen LogP contribution is -2.43. The molecule has 2 heterocycles. The number of hydrogen-bond donors (Lipinski definition) is 1. The van der Waals surface area contributed by atoms with Gasteiger partial charge in [0, 0.05) is 39.3 Å². The highest BCUT2D eigenvalue weighted by Crippen LogP contribution is 2.21. The van der Waals surface area contributed by atoms with Gasteiger partial charge in [-0.3, -0.25) is 15.0 Å². The van der Waals surface area contributed by atoms with Crippen LogP contribution in [0.1, 0.15) is 42.0 Å². The molecule has 30 heavy (non-hydrogen) atoms. The Hall–Kier alpha value is -2.21. The summed E-state index contributed by atoms with van der Waals surface area (Å²) in [5, 5.41) is 3.59. The first kappa shape index (κ1) is 21.0.